The number of hydrogen-bond acceptors (Lipinski definition) is 5. The Kier molecular flexibility index (Phi) is 6.73. The van der Waals surface area contributed by atoms with Gasteiger partial charge in [-0.3, -0.25) is 4.79 Å². The fourth-order valence-electron chi connectivity index (χ4n) is 5.27. The SMILES string of the molecule is CC1CC1c1ccc(CN(C(=O)/C=C/c2cn(-c3ccccc3)nc2-c2ccccc2)C2CCS(=O)(=O)C2)o1. The van der Waals surface area contributed by atoms with Crippen LogP contribution in [0.1, 0.15) is 42.8 Å². The molecule has 1 amide bonds. The normalized spacial score (nSPS) is 21.8. The monoisotopic (exact) mass is 541 g/mol. The predicted molar refractivity (Wildman–Crippen MR) is 151 cm³/mol. The first-order valence-corrected chi connectivity index (χ1v) is 15.2. The van der Waals surface area contributed by atoms with E-state index in [1.54, 1.807) is 15.7 Å². The Labute approximate surface area is 228 Å². The van der Waals surface area contributed by atoms with E-state index >= 15 is 0 Å². The Bertz CT molecular complexity index is 1610. The first-order chi connectivity index (χ1) is 18.9. The van der Waals surface area contributed by atoms with Gasteiger partial charge in [-0.15, -0.1) is 0 Å². The van der Waals surface area contributed by atoms with Crippen LogP contribution < -0.4 is 0 Å². The van der Waals surface area contributed by atoms with Gasteiger partial charge in [0.25, 0.3) is 0 Å². The van der Waals surface area contributed by atoms with Crippen LogP contribution in [0.15, 0.2) is 89.5 Å². The fraction of sp³-hybridized carbons (Fsp3) is 0.290. The zero-order valence-electron chi connectivity index (χ0n) is 21.8. The predicted octanol–water partition coefficient (Wildman–Crippen LogP) is 5.48. The number of sulfone groups is 1. The lowest BCUT2D eigenvalue weighted by Gasteiger charge is -2.26. The molecular weight excluding hydrogens is 510 g/mol. The molecule has 1 saturated heterocycles. The highest BCUT2D eigenvalue weighted by atomic mass is 32.2. The number of nitrogens with zero attached hydrogens (tertiary/aromatic N) is 3. The van der Waals surface area contributed by atoms with Gasteiger partial charge in [0.15, 0.2) is 9.84 Å². The molecule has 2 aliphatic rings. The Balaban J connectivity index is 1.30. The number of furan rings is 1. The molecule has 0 N–H and O–H groups in total. The van der Waals surface area contributed by atoms with E-state index in [-0.39, 0.29) is 30.0 Å². The van der Waals surface area contributed by atoms with E-state index < -0.39 is 9.84 Å². The molecule has 1 aliphatic carbocycles. The minimum atomic E-state index is -3.17. The van der Waals surface area contributed by atoms with Crippen molar-refractivity contribution in [1.82, 2.24) is 14.7 Å². The first-order valence-electron chi connectivity index (χ1n) is 13.3. The van der Waals surface area contributed by atoms with E-state index in [1.807, 2.05) is 79.0 Å². The van der Waals surface area contributed by atoms with Crippen molar-refractivity contribution in [3.63, 3.8) is 0 Å². The summed E-state index contributed by atoms with van der Waals surface area (Å²) in [5.74, 6) is 2.49. The maximum absolute atomic E-state index is 13.6. The summed E-state index contributed by atoms with van der Waals surface area (Å²) in [7, 11) is -3.17. The average Bonchev–Trinajstić information content (AvgIpc) is 3.30. The summed E-state index contributed by atoms with van der Waals surface area (Å²) >= 11 is 0. The summed E-state index contributed by atoms with van der Waals surface area (Å²) in [6.07, 6.45) is 6.74. The summed E-state index contributed by atoms with van der Waals surface area (Å²) in [6.45, 7) is 2.43. The second-order valence-corrected chi connectivity index (χ2v) is 12.8. The molecule has 2 aromatic carbocycles. The molecule has 3 heterocycles. The van der Waals surface area contributed by atoms with Crippen LogP contribution >= 0.6 is 0 Å². The summed E-state index contributed by atoms with van der Waals surface area (Å²) in [5.41, 5.74) is 3.40. The number of hydrogen-bond donors (Lipinski definition) is 0. The maximum Gasteiger partial charge on any atom is 0.247 e. The molecule has 1 saturated carbocycles. The van der Waals surface area contributed by atoms with Gasteiger partial charge in [-0.1, -0.05) is 55.5 Å². The lowest BCUT2D eigenvalue weighted by atomic mass is 10.1. The van der Waals surface area contributed by atoms with E-state index in [0.717, 1.165) is 34.7 Å². The van der Waals surface area contributed by atoms with Crippen LogP contribution in [0.4, 0.5) is 0 Å². The van der Waals surface area contributed by atoms with Crippen LogP contribution in [0, 0.1) is 5.92 Å². The van der Waals surface area contributed by atoms with Crippen LogP contribution in [-0.2, 0) is 21.2 Å². The van der Waals surface area contributed by atoms with E-state index in [9.17, 15) is 13.2 Å². The lowest BCUT2D eigenvalue weighted by Crippen LogP contribution is -2.39. The molecular formula is C31H31N3O4S. The van der Waals surface area contributed by atoms with E-state index in [4.69, 9.17) is 9.52 Å². The van der Waals surface area contributed by atoms with Gasteiger partial charge < -0.3 is 9.32 Å². The van der Waals surface area contributed by atoms with Crippen molar-refractivity contribution in [2.75, 3.05) is 11.5 Å². The van der Waals surface area contributed by atoms with E-state index in [2.05, 4.69) is 6.92 Å². The number of carbonyl (C=O) groups is 1. The van der Waals surface area contributed by atoms with Gasteiger partial charge in [-0.05, 0) is 49.1 Å². The van der Waals surface area contributed by atoms with E-state index in [1.165, 1.54) is 6.08 Å². The second-order valence-electron chi connectivity index (χ2n) is 10.6. The highest BCUT2D eigenvalue weighted by molar-refractivity contribution is 7.91. The first kappa shape index (κ1) is 25.4. The zero-order chi connectivity index (χ0) is 27.0. The number of benzene rings is 2. The Hall–Kier alpha value is -3.91. The summed E-state index contributed by atoms with van der Waals surface area (Å²) in [5, 5.41) is 4.82. The Morgan fingerprint density at radius 1 is 1.08 bits per heavy atom. The van der Waals surface area contributed by atoms with Crippen molar-refractivity contribution in [3.8, 4) is 16.9 Å². The van der Waals surface area contributed by atoms with Gasteiger partial charge in [0.05, 0.1) is 29.4 Å². The van der Waals surface area contributed by atoms with Gasteiger partial charge in [0, 0.05) is 35.4 Å². The van der Waals surface area contributed by atoms with Crippen LogP contribution in [0.3, 0.4) is 0 Å². The molecule has 39 heavy (non-hydrogen) atoms. The van der Waals surface area contributed by atoms with Crippen LogP contribution in [-0.4, -0.2) is 46.6 Å². The molecule has 0 bridgehead atoms. The van der Waals surface area contributed by atoms with E-state index in [0.29, 0.717) is 24.0 Å². The minimum Gasteiger partial charge on any atom is -0.464 e. The summed E-state index contributed by atoms with van der Waals surface area (Å²) < 4.78 is 32.5. The molecule has 2 fully saturated rings. The van der Waals surface area contributed by atoms with Crippen molar-refractivity contribution in [2.45, 2.75) is 38.3 Å². The second kappa shape index (κ2) is 10.3. The summed E-state index contributed by atoms with van der Waals surface area (Å²) in [6, 6.07) is 23.2. The number of amides is 1. The molecule has 7 nitrogen and oxygen atoms in total. The Morgan fingerprint density at radius 2 is 1.79 bits per heavy atom. The molecule has 200 valence electrons. The maximum atomic E-state index is 13.6. The lowest BCUT2D eigenvalue weighted by molar-refractivity contribution is -0.128. The van der Waals surface area contributed by atoms with Crippen molar-refractivity contribution in [1.29, 1.82) is 0 Å². The molecule has 2 aromatic heterocycles. The van der Waals surface area contributed by atoms with Gasteiger partial charge in [0.2, 0.25) is 5.91 Å². The number of aromatic nitrogens is 2. The van der Waals surface area contributed by atoms with Crippen molar-refractivity contribution in [2.24, 2.45) is 5.92 Å². The number of rotatable bonds is 8. The molecule has 6 rings (SSSR count). The third-order valence-corrected chi connectivity index (χ3v) is 9.38. The molecule has 8 heteroatoms. The molecule has 0 radical (unpaired) electrons. The Morgan fingerprint density at radius 3 is 2.46 bits per heavy atom. The number of para-hydroxylation sites is 1. The zero-order valence-corrected chi connectivity index (χ0v) is 22.6. The van der Waals surface area contributed by atoms with Gasteiger partial charge in [-0.2, -0.15) is 5.10 Å². The third kappa shape index (κ3) is 5.61. The number of carbonyl (C=O) groups excluding carboxylic acids is 1. The molecule has 0 spiro atoms. The average molecular weight is 542 g/mol. The van der Waals surface area contributed by atoms with Crippen LogP contribution in [0.25, 0.3) is 23.0 Å². The quantitative estimate of drug-likeness (QED) is 0.276. The molecule has 3 unspecified atom stereocenters. The van der Waals surface area contributed by atoms with Gasteiger partial charge in [0.1, 0.15) is 11.5 Å². The fourth-order valence-corrected chi connectivity index (χ4v) is 7.00. The highest BCUT2D eigenvalue weighted by Crippen LogP contribution is 2.47. The summed E-state index contributed by atoms with van der Waals surface area (Å²) in [4.78, 5) is 15.3. The van der Waals surface area contributed by atoms with Crippen LogP contribution in [0.2, 0.25) is 0 Å². The molecule has 1 aliphatic heterocycles. The topological polar surface area (TPSA) is 85.4 Å². The van der Waals surface area contributed by atoms with Crippen molar-refractivity contribution >= 4 is 21.8 Å². The van der Waals surface area contributed by atoms with Crippen molar-refractivity contribution < 1.29 is 17.6 Å². The van der Waals surface area contributed by atoms with Crippen molar-refractivity contribution in [3.05, 3.63) is 102 Å². The van der Waals surface area contributed by atoms with Gasteiger partial charge in [-0.25, -0.2) is 13.1 Å². The van der Waals surface area contributed by atoms with Gasteiger partial charge >= 0.3 is 0 Å². The molecule has 3 atom stereocenters. The minimum absolute atomic E-state index is 0.0268. The third-order valence-electron chi connectivity index (χ3n) is 7.63. The standard InChI is InChI=1S/C31H31N3O4S/c1-22-18-28(22)29-14-13-27(38-29)20-33(26-16-17-39(36,37)21-26)30(35)15-12-24-19-34(25-10-6-3-7-11-25)32-31(24)23-8-4-2-5-9-23/h2-15,19,22,26,28H,16-18,20-21H2,1H3/b15-12+. The highest BCUT2D eigenvalue weighted by Gasteiger charge is 2.38. The largest absolute Gasteiger partial charge is 0.464 e. The smallest absolute Gasteiger partial charge is 0.247 e. The molecule has 4 aromatic rings. The van der Waals surface area contributed by atoms with Crippen LogP contribution in [0.5, 0.6) is 0 Å².